The molecule has 0 saturated carbocycles. The van der Waals surface area contributed by atoms with Crippen molar-refractivity contribution in [1.82, 2.24) is 15.2 Å². The van der Waals surface area contributed by atoms with Gasteiger partial charge < -0.3 is 19.8 Å². The van der Waals surface area contributed by atoms with Gasteiger partial charge in [0.25, 0.3) is 5.91 Å². The molecular formula is C22H27N3O4. The Morgan fingerprint density at radius 1 is 1.24 bits per heavy atom. The summed E-state index contributed by atoms with van der Waals surface area (Å²) in [6, 6.07) is 7.37. The van der Waals surface area contributed by atoms with Crippen molar-refractivity contribution in [1.29, 1.82) is 0 Å². The molecule has 1 aromatic carbocycles. The minimum atomic E-state index is -0.639. The number of likely N-dealkylation sites (tertiary alicyclic amines) is 1. The van der Waals surface area contributed by atoms with E-state index in [-0.39, 0.29) is 11.9 Å². The van der Waals surface area contributed by atoms with E-state index in [4.69, 9.17) is 9.47 Å². The number of ether oxygens (including phenoxy) is 2. The van der Waals surface area contributed by atoms with Crippen molar-refractivity contribution in [2.24, 2.45) is 0 Å². The molecule has 2 N–H and O–H groups in total. The number of aromatic amines is 1. The molecular weight excluding hydrogens is 370 g/mol. The number of carbonyl (C=O) groups is 2. The van der Waals surface area contributed by atoms with Gasteiger partial charge in [0.05, 0.1) is 12.2 Å². The minimum absolute atomic E-state index is 0.0725. The fraction of sp³-hybridized carbons (Fsp3) is 0.455. The summed E-state index contributed by atoms with van der Waals surface area (Å²) in [5.74, 6) is 0.270. The summed E-state index contributed by atoms with van der Waals surface area (Å²) in [5.41, 5.74) is 3.54. The molecule has 2 aliphatic rings. The van der Waals surface area contributed by atoms with Crippen LogP contribution in [-0.2, 0) is 11.3 Å². The van der Waals surface area contributed by atoms with Crippen LogP contribution < -0.4 is 10.1 Å². The average molecular weight is 397 g/mol. The Morgan fingerprint density at radius 2 is 1.97 bits per heavy atom. The van der Waals surface area contributed by atoms with E-state index >= 15 is 0 Å². The summed E-state index contributed by atoms with van der Waals surface area (Å²) < 4.78 is 11.4. The van der Waals surface area contributed by atoms with E-state index in [1.807, 2.05) is 32.0 Å². The van der Waals surface area contributed by atoms with Crippen LogP contribution >= 0.6 is 0 Å². The number of nitrogens with zero attached hydrogens (tertiary/aromatic N) is 1. The maximum absolute atomic E-state index is 12.5. The number of hydrogen-bond acceptors (Lipinski definition) is 5. The Kier molecular flexibility index (Phi) is 5.08. The quantitative estimate of drug-likeness (QED) is 0.775. The van der Waals surface area contributed by atoms with Crippen LogP contribution in [-0.4, -0.2) is 47.2 Å². The second kappa shape index (κ2) is 7.55. The largest absolute Gasteiger partial charge is 0.467 e. The Balaban J connectivity index is 1.44. The van der Waals surface area contributed by atoms with E-state index in [0.717, 1.165) is 36.5 Å². The fourth-order valence-electron chi connectivity index (χ4n) is 4.21. The van der Waals surface area contributed by atoms with Crippen molar-refractivity contribution in [2.75, 3.05) is 19.7 Å². The topological polar surface area (TPSA) is 83.7 Å². The Morgan fingerprint density at radius 3 is 2.69 bits per heavy atom. The molecule has 2 aliphatic heterocycles. The third kappa shape index (κ3) is 3.62. The highest BCUT2D eigenvalue weighted by atomic mass is 16.5. The van der Waals surface area contributed by atoms with Gasteiger partial charge in [-0.1, -0.05) is 12.1 Å². The molecule has 0 atom stereocenters. The standard InChI is InChI=1S/C22H27N3O4/c1-4-28-21(27)19-14(2)17(15(3)23-19)13-25-11-9-22(10-12-25)24-20(26)16-7-5-6-8-18(16)29-22/h5-8,23H,4,9-13H2,1-3H3,(H,24,26). The van der Waals surface area contributed by atoms with Gasteiger partial charge in [-0.3, -0.25) is 9.69 Å². The molecule has 1 fully saturated rings. The second-order valence-corrected chi connectivity index (χ2v) is 7.77. The molecule has 0 radical (unpaired) electrons. The maximum Gasteiger partial charge on any atom is 0.355 e. The van der Waals surface area contributed by atoms with Gasteiger partial charge >= 0.3 is 5.97 Å². The van der Waals surface area contributed by atoms with Crippen molar-refractivity contribution in [3.05, 3.63) is 52.3 Å². The summed E-state index contributed by atoms with van der Waals surface area (Å²) in [6.45, 7) is 8.43. The van der Waals surface area contributed by atoms with E-state index < -0.39 is 5.72 Å². The fourth-order valence-corrected chi connectivity index (χ4v) is 4.21. The van der Waals surface area contributed by atoms with Crippen molar-refractivity contribution < 1.29 is 19.1 Å². The first-order valence-electron chi connectivity index (χ1n) is 10.1. The molecule has 0 bridgehead atoms. The molecule has 0 aliphatic carbocycles. The van der Waals surface area contributed by atoms with E-state index in [2.05, 4.69) is 15.2 Å². The lowest BCUT2D eigenvalue weighted by molar-refractivity contribution is -0.0304. The zero-order valence-electron chi connectivity index (χ0n) is 17.1. The number of hydrogen-bond donors (Lipinski definition) is 2. The van der Waals surface area contributed by atoms with Crippen LogP contribution in [0.25, 0.3) is 0 Å². The van der Waals surface area contributed by atoms with Gasteiger partial charge in [0.15, 0.2) is 5.72 Å². The smallest absolute Gasteiger partial charge is 0.355 e. The predicted octanol–water partition coefficient (Wildman–Crippen LogP) is 2.92. The van der Waals surface area contributed by atoms with Crippen LogP contribution in [0, 0.1) is 13.8 Å². The van der Waals surface area contributed by atoms with Crippen LogP contribution in [0.4, 0.5) is 0 Å². The minimum Gasteiger partial charge on any atom is -0.467 e. The van der Waals surface area contributed by atoms with Crippen LogP contribution in [0.15, 0.2) is 24.3 Å². The van der Waals surface area contributed by atoms with Gasteiger partial charge in [0.2, 0.25) is 0 Å². The molecule has 0 unspecified atom stereocenters. The average Bonchev–Trinajstić information content (AvgIpc) is 2.98. The number of amides is 1. The monoisotopic (exact) mass is 397 g/mol. The molecule has 7 nitrogen and oxygen atoms in total. The number of fused-ring (bicyclic) bond motifs is 1. The molecule has 7 heteroatoms. The Bertz CT molecular complexity index is 942. The van der Waals surface area contributed by atoms with E-state index in [9.17, 15) is 9.59 Å². The van der Waals surface area contributed by atoms with Crippen molar-refractivity contribution in [2.45, 2.75) is 45.9 Å². The summed E-state index contributed by atoms with van der Waals surface area (Å²) >= 11 is 0. The predicted molar refractivity (Wildman–Crippen MR) is 108 cm³/mol. The van der Waals surface area contributed by atoms with Gasteiger partial charge in [-0.15, -0.1) is 0 Å². The lowest BCUT2D eigenvalue weighted by Gasteiger charge is -2.44. The number of aromatic nitrogens is 1. The second-order valence-electron chi connectivity index (χ2n) is 7.77. The van der Waals surface area contributed by atoms with Gasteiger partial charge in [-0.2, -0.15) is 0 Å². The molecule has 29 heavy (non-hydrogen) atoms. The Labute approximate surface area is 170 Å². The van der Waals surface area contributed by atoms with Gasteiger partial charge in [-0.05, 0) is 44.0 Å². The van der Waals surface area contributed by atoms with E-state index in [1.54, 1.807) is 13.0 Å². The first kappa shape index (κ1) is 19.5. The highest BCUT2D eigenvalue weighted by molar-refractivity contribution is 5.98. The van der Waals surface area contributed by atoms with Crippen molar-refractivity contribution in [3.63, 3.8) is 0 Å². The number of carbonyl (C=O) groups excluding carboxylic acids is 2. The van der Waals surface area contributed by atoms with Crippen molar-refractivity contribution >= 4 is 11.9 Å². The first-order chi connectivity index (χ1) is 13.9. The molecule has 1 amide bonds. The SMILES string of the molecule is CCOC(=O)c1[nH]c(C)c(CN2CCC3(CC2)NC(=O)c2ccccc2O3)c1C. The zero-order chi connectivity index (χ0) is 20.6. The lowest BCUT2D eigenvalue weighted by Crippen LogP contribution is -2.60. The molecule has 1 aromatic heterocycles. The number of aryl methyl sites for hydroxylation is 1. The normalized spacial score (nSPS) is 18.1. The van der Waals surface area contributed by atoms with Crippen LogP contribution in [0.3, 0.4) is 0 Å². The summed E-state index contributed by atoms with van der Waals surface area (Å²) in [7, 11) is 0. The van der Waals surface area contributed by atoms with Crippen LogP contribution in [0.2, 0.25) is 0 Å². The number of esters is 1. The first-order valence-corrected chi connectivity index (χ1v) is 10.1. The highest BCUT2D eigenvalue weighted by Gasteiger charge is 2.42. The van der Waals surface area contributed by atoms with Crippen LogP contribution in [0.5, 0.6) is 5.75 Å². The maximum atomic E-state index is 12.5. The third-order valence-corrected chi connectivity index (χ3v) is 5.90. The van der Waals surface area contributed by atoms with E-state index in [1.165, 1.54) is 0 Å². The van der Waals surface area contributed by atoms with Gasteiger partial charge in [0, 0.05) is 38.2 Å². The molecule has 4 rings (SSSR count). The molecule has 2 aromatic rings. The number of piperidine rings is 1. The third-order valence-electron chi connectivity index (χ3n) is 5.90. The van der Waals surface area contributed by atoms with Crippen LogP contribution in [0.1, 0.15) is 57.4 Å². The molecule has 154 valence electrons. The number of rotatable bonds is 4. The van der Waals surface area contributed by atoms with Crippen molar-refractivity contribution in [3.8, 4) is 5.75 Å². The highest BCUT2D eigenvalue weighted by Crippen LogP contribution is 2.34. The van der Waals surface area contributed by atoms with Gasteiger partial charge in [-0.25, -0.2) is 4.79 Å². The summed E-state index contributed by atoms with van der Waals surface area (Å²) in [4.78, 5) is 30.1. The number of H-pyrrole nitrogens is 1. The molecule has 1 saturated heterocycles. The lowest BCUT2D eigenvalue weighted by atomic mass is 9.96. The Hall–Kier alpha value is -2.80. The summed E-state index contributed by atoms with van der Waals surface area (Å²) in [5, 5.41) is 3.07. The van der Waals surface area contributed by atoms with E-state index in [0.29, 0.717) is 36.5 Å². The zero-order valence-corrected chi connectivity index (χ0v) is 17.1. The molecule has 3 heterocycles. The van der Waals surface area contributed by atoms with Gasteiger partial charge in [0.1, 0.15) is 11.4 Å². The molecule has 1 spiro atoms. The number of benzene rings is 1. The summed E-state index contributed by atoms with van der Waals surface area (Å²) in [6.07, 6.45) is 1.42. The number of nitrogens with one attached hydrogen (secondary N) is 2. The number of para-hydroxylation sites is 1.